The molecule has 21 heavy (non-hydrogen) atoms. The van der Waals surface area contributed by atoms with Crippen LogP contribution in [0.5, 0.6) is 0 Å². The minimum atomic E-state index is -3.61. The summed E-state index contributed by atoms with van der Waals surface area (Å²) in [6.07, 6.45) is 3.22. The van der Waals surface area contributed by atoms with Gasteiger partial charge < -0.3 is 0 Å². The summed E-state index contributed by atoms with van der Waals surface area (Å²) in [5.41, 5.74) is 1.33. The smallest absolute Gasteiger partial charge is 0.244 e. The molecule has 7 nitrogen and oxygen atoms in total. The molecule has 2 heterocycles. The quantitative estimate of drug-likeness (QED) is 0.876. The van der Waals surface area contributed by atoms with Gasteiger partial charge in [0.1, 0.15) is 4.90 Å². The summed E-state index contributed by atoms with van der Waals surface area (Å²) in [6.45, 7) is 8.82. The van der Waals surface area contributed by atoms with Gasteiger partial charge in [-0.3, -0.25) is 9.36 Å². The second-order valence-electron chi connectivity index (χ2n) is 4.85. The molecule has 0 saturated heterocycles. The van der Waals surface area contributed by atoms with Crippen molar-refractivity contribution in [2.45, 2.75) is 51.7 Å². The van der Waals surface area contributed by atoms with Crippen LogP contribution in [0.4, 0.5) is 0 Å². The number of aryl methyl sites for hydroxylation is 2. The topological polar surface area (TPSA) is 81.8 Å². The van der Waals surface area contributed by atoms with Crippen LogP contribution in [0, 0.1) is 6.92 Å². The second kappa shape index (κ2) is 5.98. The fraction of sp³-hybridized carbons (Fsp3) is 0.538. The first-order valence-electron chi connectivity index (χ1n) is 6.97. The average Bonchev–Trinajstić information content (AvgIpc) is 3.04. The standard InChI is InChI=1S/C13H21N5O2S/c1-5-17-8-7-12(15-17)10(3)16-21(19,20)13-9-14-18(6-2)11(13)4/h7-10,16H,5-6H2,1-4H3/t10-/m1/s1. The van der Waals surface area contributed by atoms with E-state index in [9.17, 15) is 8.42 Å². The first-order chi connectivity index (χ1) is 9.89. The molecular formula is C13H21N5O2S. The molecular weight excluding hydrogens is 290 g/mol. The molecule has 0 saturated carbocycles. The zero-order valence-electron chi connectivity index (χ0n) is 12.7. The fourth-order valence-corrected chi connectivity index (χ4v) is 3.55. The first kappa shape index (κ1) is 15.7. The fourth-order valence-electron chi connectivity index (χ4n) is 2.15. The Bertz CT molecular complexity index is 717. The maximum Gasteiger partial charge on any atom is 0.244 e. The van der Waals surface area contributed by atoms with Crippen LogP contribution in [-0.4, -0.2) is 28.0 Å². The van der Waals surface area contributed by atoms with Crippen molar-refractivity contribution < 1.29 is 8.42 Å². The largest absolute Gasteiger partial charge is 0.273 e. The Labute approximate surface area is 125 Å². The van der Waals surface area contributed by atoms with Crippen molar-refractivity contribution in [3.8, 4) is 0 Å². The van der Waals surface area contributed by atoms with Crippen molar-refractivity contribution in [1.29, 1.82) is 0 Å². The molecule has 2 aromatic rings. The Hall–Kier alpha value is -1.67. The number of hydrogen-bond acceptors (Lipinski definition) is 4. The van der Waals surface area contributed by atoms with Gasteiger partial charge in [-0.15, -0.1) is 0 Å². The third-order valence-corrected chi connectivity index (χ3v) is 5.05. The van der Waals surface area contributed by atoms with Crippen molar-refractivity contribution in [2.75, 3.05) is 0 Å². The highest BCUT2D eigenvalue weighted by Gasteiger charge is 2.24. The molecule has 0 aliphatic rings. The predicted molar refractivity (Wildman–Crippen MR) is 79.3 cm³/mol. The third-order valence-electron chi connectivity index (χ3n) is 3.41. The lowest BCUT2D eigenvalue weighted by Crippen LogP contribution is -2.27. The van der Waals surface area contributed by atoms with Gasteiger partial charge in [-0.25, -0.2) is 13.1 Å². The summed E-state index contributed by atoms with van der Waals surface area (Å²) < 4.78 is 31.0. The van der Waals surface area contributed by atoms with E-state index in [1.54, 1.807) is 23.2 Å². The van der Waals surface area contributed by atoms with Gasteiger partial charge >= 0.3 is 0 Å². The van der Waals surface area contributed by atoms with Gasteiger partial charge in [0.15, 0.2) is 0 Å². The molecule has 2 aromatic heterocycles. The van der Waals surface area contributed by atoms with Crippen molar-refractivity contribution in [2.24, 2.45) is 0 Å². The molecule has 0 amide bonds. The van der Waals surface area contributed by atoms with E-state index in [1.807, 2.05) is 26.1 Å². The van der Waals surface area contributed by atoms with E-state index >= 15 is 0 Å². The summed E-state index contributed by atoms with van der Waals surface area (Å²) in [5, 5.41) is 8.39. The highest BCUT2D eigenvalue weighted by atomic mass is 32.2. The van der Waals surface area contributed by atoms with E-state index in [-0.39, 0.29) is 4.90 Å². The van der Waals surface area contributed by atoms with E-state index in [1.165, 1.54) is 6.20 Å². The molecule has 0 bridgehead atoms. The number of sulfonamides is 1. The molecule has 2 rings (SSSR count). The van der Waals surface area contributed by atoms with Gasteiger partial charge in [0, 0.05) is 19.3 Å². The minimum absolute atomic E-state index is 0.214. The molecule has 0 unspecified atom stereocenters. The first-order valence-corrected chi connectivity index (χ1v) is 8.45. The summed E-state index contributed by atoms with van der Waals surface area (Å²) in [4.78, 5) is 0.214. The summed E-state index contributed by atoms with van der Waals surface area (Å²) in [6, 6.07) is 1.42. The number of aromatic nitrogens is 4. The summed E-state index contributed by atoms with van der Waals surface area (Å²) in [7, 11) is -3.61. The normalized spacial score (nSPS) is 13.5. The average molecular weight is 311 g/mol. The van der Waals surface area contributed by atoms with E-state index in [2.05, 4.69) is 14.9 Å². The Kier molecular flexibility index (Phi) is 4.48. The van der Waals surface area contributed by atoms with Crippen molar-refractivity contribution in [3.05, 3.63) is 29.8 Å². The van der Waals surface area contributed by atoms with Gasteiger partial charge in [0.05, 0.1) is 23.6 Å². The van der Waals surface area contributed by atoms with Gasteiger partial charge in [-0.05, 0) is 33.8 Å². The van der Waals surface area contributed by atoms with Crippen molar-refractivity contribution in [3.63, 3.8) is 0 Å². The zero-order valence-corrected chi connectivity index (χ0v) is 13.6. The van der Waals surface area contributed by atoms with Gasteiger partial charge in [0.25, 0.3) is 0 Å². The molecule has 0 aromatic carbocycles. The zero-order chi connectivity index (χ0) is 15.6. The molecule has 8 heteroatoms. The van der Waals surface area contributed by atoms with Crippen LogP contribution in [0.1, 0.15) is 38.2 Å². The van der Waals surface area contributed by atoms with Crippen LogP contribution < -0.4 is 4.72 Å². The number of nitrogens with zero attached hydrogens (tertiary/aromatic N) is 4. The monoisotopic (exact) mass is 311 g/mol. The molecule has 1 N–H and O–H groups in total. The Morgan fingerprint density at radius 2 is 2.05 bits per heavy atom. The molecule has 0 spiro atoms. The molecule has 0 radical (unpaired) electrons. The van der Waals surface area contributed by atoms with Crippen LogP contribution in [0.25, 0.3) is 0 Å². The molecule has 0 aliphatic heterocycles. The van der Waals surface area contributed by atoms with Crippen molar-refractivity contribution >= 4 is 10.0 Å². The lowest BCUT2D eigenvalue weighted by molar-refractivity contribution is 0.556. The van der Waals surface area contributed by atoms with Crippen LogP contribution in [0.2, 0.25) is 0 Å². The number of nitrogens with one attached hydrogen (secondary N) is 1. The van der Waals surface area contributed by atoms with Gasteiger partial charge in [-0.2, -0.15) is 10.2 Å². The lowest BCUT2D eigenvalue weighted by Gasteiger charge is -2.12. The predicted octanol–water partition coefficient (Wildman–Crippen LogP) is 1.47. The van der Waals surface area contributed by atoms with Gasteiger partial charge in [0.2, 0.25) is 10.0 Å². The highest BCUT2D eigenvalue weighted by Crippen LogP contribution is 2.18. The molecule has 1 atom stereocenters. The lowest BCUT2D eigenvalue weighted by atomic mass is 10.3. The van der Waals surface area contributed by atoms with Crippen LogP contribution in [-0.2, 0) is 23.1 Å². The highest BCUT2D eigenvalue weighted by molar-refractivity contribution is 7.89. The number of hydrogen-bond donors (Lipinski definition) is 1. The summed E-state index contributed by atoms with van der Waals surface area (Å²) >= 11 is 0. The van der Waals surface area contributed by atoms with Gasteiger partial charge in [-0.1, -0.05) is 0 Å². The SMILES string of the molecule is CCn1ccc([C@@H](C)NS(=O)(=O)c2cnn(CC)c2C)n1. The van der Waals surface area contributed by atoms with E-state index < -0.39 is 16.1 Å². The Morgan fingerprint density at radius 3 is 2.57 bits per heavy atom. The third kappa shape index (κ3) is 3.16. The maximum atomic E-state index is 12.4. The van der Waals surface area contributed by atoms with Crippen molar-refractivity contribution in [1.82, 2.24) is 24.3 Å². The van der Waals surface area contributed by atoms with E-state index in [0.717, 1.165) is 6.54 Å². The maximum absolute atomic E-state index is 12.4. The Balaban J connectivity index is 2.22. The summed E-state index contributed by atoms with van der Waals surface area (Å²) in [5.74, 6) is 0. The van der Waals surface area contributed by atoms with E-state index in [0.29, 0.717) is 17.9 Å². The Morgan fingerprint density at radius 1 is 1.33 bits per heavy atom. The van der Waals surface area contributed by atoms with Crippen LogP contribution in [0.15, 0.2) is 23.4 Å². The molecule has 0 fully saturated rings. The van der Waals surface area contributed by atoms with E-state index in [4.69, 9.17) is 0 Å². The second-order valence-corrected chi connectivity index (χ2v) is 6.53. The molecule has 0 aliphatic carbocycles. The van der Waals surface area contributed by atoms with Crippen LogP contribution >= 0.6 is 0 Å². The number of rotatable bonds is 6. The molecule has 116 valence electrons. The minimum Gasteiger partial charge on any atom is -0.273 e. The van der Waals surface area contributed by atoms with Crippen LogP contribution in [0.3, 0.4) is 0 Å².